The Hall–Kier alpha value is -0.200. The topological polar surface area (TPSA) is 33.0 Å². The minimum Gasteiger partial charge on any atom is -0.368 e. The van der Waals surface area contributed by atoms with E-state index in [0.717, 1.165) is 0 Å². The summed E-state index contributed by atoms with van der Waals surface area (Å²) in [5.74, 6) is 0. The lowest BCUT2D eigenvalue weighted by Gasteiger charge is -2.11. The van der Waals surface area contributed by atoms with Crippen LogP contribution in [0.4, 0.5) is 0 Å². The first-order valence-electron chi connectivity index (χ1n) is 3.37. The molecule has 0 bridgehead atoms. The quantitative estimate of drug-likeness (QED) is 0.588. The molecular formula is C7H13NOS. The van der Waals surface area contributed by atoms with Gasteiger partial charge in [0.25, 0.3) is 0 Å². The first-order chi connectivity index (χ1) is 4.70. The van der Waals surface area contributed by atoms with E-state index in [9.17, 15) is 0 Å². The first-order valence-corrected chi connectivity index (χ1v) is 4.31. The molecule has 0 heterocycles. The molecule has 58 valence electrons. The van der Waals surface area contributed by atoms with Crippen LogP contribution in [0.3, 0.4) is 0 Å². The molecule has 0 aromatic heterocycles. The van der Waals surface area contributed by atoms with Crippen molar-refractivity contribution in [2.24, 2.45) is 0 Å². The lowest BCUT2D eigenvalue weighted by atomic mass is 10.5. The van der Waals surface area contributed by atoms with E-state index < -0.39 is 0 Å². The Morgan fingerprint density at radius 2 is 2.20 bits per heavy atom. The Labute approximate surface area is 66.6 Å². The number of thioether (sulfide) groups is 1. The molecule has 0 aliphatic heterocycles. The Kier molecular flexibility index (Phi) is 5.46. The smallest absolute Gasteiger partial charge is 0.101 e. The van der Waals surface area contributed by atoms with Gasteiger partial charge in [-0.25, -0.2) is 0 Å². The van der Waals surface area contributed by atoms with Gasteiger partial charge in [0.15, 0.2) is 0 Å². The summed E-state index contributed by atoms with van der Waals surface area (Å²) in [6, 6.07) is 2.14. The third-order valence-corrected chi connectivity index (χ3v) is 2.01. The van der Waals surface area contributed by atoms with Crippen molar-refractivity contribution in [3.05, 3.63) is 0 Å². The van der Waals surface area contributed by atoms with Crippen molar-refractivity contribution in [1.29, 1.82) is 5.26 Å². The average molecular weight is 159 g/mol. The average Bonchev–Trinajstić information content (AvgIpc) is 1.88. The first kappa shape index (κ1) is 9.80. The number of hydrogen-bond acceptors (Lipinski definition) is 3. The number of nitriles is 1. The van der Waals surface area contributed by atoms with E-state index in [1.807, 2.05) is 20.8 Å². The van der Waals surface area contributed by atoms with E-state index in [0.29, 0.717) is 6.61 Å². The van der Waals surface area contributed by atoms with Crippen molar-refractivity contribution in [2.45, 2.75) is 31.5 Å². The molecule has 0 amide bonds. The molecule has 10 heavy (non-hydrogen) atoms. The largest absolute Gasteiger partial charge is 0.368 e. The summed E-state index contributed by atoms with van der Waals surface area (Å²) in [7, 11) is 0. The van der Waals surface area contributed by atoms with E-state index in [1.54, 1.807) is 11.8 Å². The fourth-order valence-electron chi connectivity index (χ4n) is 0.592. The zero-order valence-electron chi connectivity index (χ0n) is 6.63. The van der Waals surface area contributed by atoms with Crippen molar-refractivity contribution < 1.29 is 4.74 Å². The predicted octanol–water partition coefficient (Wildman–Crippen LogP) is 2.01. The molecule has 2 unspecified atom stereocenters. The van der Waals surface area contributed by atoms with Gasteiger partial charge in [-0.15, -0.1) is 11.8 Å². The van der Waals surface area contributed by atoms with E-state index >= 15 is 0 Å². The second-order valence-corrected chi connectivity index (χ2v) is 3.57. The zero-order chi connectivity index (χ0) is 7.98. The molecule has 3 heteroatoms. The molecule has 0 saturated carbocycles. The van der Waals surface area contributed by atoms with Crippen LogP contribution in [0, 0.1) is 11.3 Å². The fraction of sp³-hybridized carbons (Fsp3) is 0.857. The number of hydrogen-bond donors (Lipinski definition) is 0. The third-order valence-electron chi connectivity index (χ3n) is 0.979. The molecule has 0 radical (unpaired) electrons. The molecule has 0 aromatic carbocycles. The molecule has 0 aliphatic rings. The third kappa shape index (κ3) is 4.66. The summed E-state index contributed by atoms with van der Waals surface area (Å²) in [5.41, 5.74) is 0.139. The van der Waals surface area contributed by atoms with E-state index in [1.165, 1.54) is 0 Å². The van der Waals surface area contributed by atoms with Crippen LogP contribution in [0.2, 0.25) is 0 Å². The van der Waals surface area contributed by atoms with Gasteiger partial charge in [0.2, 0.25) is 0 Å². The Bertz CT molecular complexity index is 121. The highest BCUT2D eigenvalue weighted by Crippen LogP contribution is 2.16. The van der Waals surface area contributed by atoms with Gasteiger partial charge in [-0.1, -0.05) is 0 Å². The maximum Gasteiger partial charge on any atom is 0.101 e. The van der Waals surface area contributed by atoms with Gasteiger partial charge in [0, 0.05) is 6.61 Å². The second kappa shape index (κ2) is 5.57. The lowest BCUT2D eigenvalue weighted by molar-refractivity contribution is 0.137. The summed E-state index contributed by atoms with van der Waals surface area (Å²) in [5, 5.41) is 8.45. The maximum atomic E-state index is 8.43. The van der Waals surface area contributed by atoms with Crippen LogP contribution in [0.1, 0.15) is 20.8 Å². The van der Waals surface area contributed by atoms with Crippen molar-refractivity contribution in [3.63, 3.8) is 0 Å². The molecule has 0 saturated heterocycles. The highest BCUT2D eigenvalue weighted by atomic mass is 32.2. The summed E-state index contributed by atoms with van der Waals surface area (Å²) in [6.45, 7) is 6.50. The van der Waals surface area contributed by atoms with Gasteiger partial charge in [-0.05, 0) is 20.8 Å². The summed E-state index contributed by atoms with van der Waals surface area (Å²) >= 11 is 1.54. The van der Waals surface area contributed by atoms with Gasteiger partial charge in [-0.2, -0.15) is 5.26 Å². The Morgan fingerprint density at radius 1 is 1.60 bits per heavy atom. The summed E-state index contributed by atoms with van der Waals surface area (Å²) < 4.78 is 5.23. The minimum absolute atomic E-state index is 0.0292. The summed E-state index contributed by atoms with van der Waals surface area (Å²) in [4.78, 5) is 0. The number of nitrogens with zero attached hydrogens (tertiary/aromatic N) is 1. The molecule has 0 rings (SSSR count). The van der Waals surface area contributed by atoms with Gasteiger partial charge in [0.05, 0.1) is 11.3 Å². The van der Waals surface area contributed by atoms with Crippen LogP contribution >= 0.6 is 11.8 Å². The van der Waals surface area contributed by atoms with Crippen LogP contribution in [0.25, 0.3) is 0 Å². The molecule has 0 aromatic rings. The summed E-state index contributed by atoms with van der Waals surface area (Å²) in [6.07, 6.45) is 0. The normalized spacial score (nSPS) is 15.8. The monoisotopic (exact) mass is 159 g/mol. The molecule has 2 atom stereocenters. The van der Waals surface area contributed by atoms with Crippen LogP contribution < -0.4 is 0 Å². The standard InChI is InChI=1S/C7H13NOS/c1-4-9-7(3)10-6(2)5-8/h6-7H,4H2,1-3H3. The van der Waals surface area contributed by atoms with Gasteiger partial charge < -0.3 is 4.74 Å². The Balaban J connectivity index is 3.39. The molecule has 0 aliphatic carbocycles. The van der Waals surface area contributed by atoms with Crippen molar-refractivity contribution in [3.8, 4) is 6.07 Å². The number of ether oxygens (including phenoxy) is 1. The second-order valence-electron chi connectivity index (χ2n) is 1.93. The SMILES string of the molecule is CCOC(C)SC(C)C#N. The molecule has 0 spiro atoms. The van der Waals surface area contributed by atoms with E-state index in [4.69, 9.17) is 10.00 Å². The number of rotatable bonds is 4. The van der Waals surface area contributed by atoms with Crippen LogP contribution in [-0.4, -0.2) is 17.3 Å². The minimum atomic E-state index is 0.0292. The predicted molar refractivity (Wildman–Crippen MR) is 43.8 cm³/mol. The molecule has 2 nitrogen and oxygen atoms in total. The maximum absolute atomic E-state index is 8.43. The van der Waals surface area contributed by atoms with E-state index in [2.05, 4.69) is 6.07 Å². The van der Waals surface area contributed by atoms with Gasteiger partial charge in [0.1, 0.15) is 5.44 Å². The van der Waals surface area contributed by atoms with Crippen molar-refractivity contribution in [2.75, 3.05) is 6.61 Å². The van der Waals surface area contributed by atoms with E-state index in [-0.39, 0.29) is 10.7 Å². The highest BCUT2D eigenvalue weighted by molar-refractivity contribution is 8.00. The van der Waals surface area contributed by atoms with Crippen molar-refractivity contribution >= 4 is 11.8 Å². The van der Waals surface area contributed by atoms with Gasteiger partial charge >= 0.3 is 0 Å². The zero-order valence-corrected chi connectivity index (χ0v) is 7.44. The highest BCUT2D eigenvalue weighted by Gasteiger charge is 2.06. The molecule has 0 fully saturated rings. The molecular weight excluding hydrogens is 146 g/mol. The van der Waals surface area contributed by atoms with Crippen LogP contribution in [0.15, 0.2) is 0 Å². The fourth-order valence-corrected chi connectivity index (χ4v) is 1.44. The van der Waals surface area contributed by atoms with Gasteiger partial charge in [-0.3, -0.25) is 0 Å². The van der Waals surface area contributed by atoms with Crippen molar-refractivity contribution in [1.82, 2.24) is 0 Å². The Morgan fingerprint density at radius 3 is 2.60 bits per heavy atom. The van der Waals surface area contributed by atoms with Crippen LogP contribution in [-0.2, 0) is 4.74 Å². The van der Waals surface area contributed by atoms with Crippen LogP contribution in [0.5, 0.6) is 0 Å². The lowest BCUT2D eigenvalue weighted by Crippen LogP contribution is -2.06. The molecule has 0 N–H and O–H groups in total.